The third-order valence-corrected chi connectivity index (χ3v) is 34.4. The summed E-state index contributed by atoms with van der Waals surface area (Å²) in [5.41, 5.74) is -5.14. The Kier molecular flexibility index (Phi) is 22.8. The fourth-order valence-corrected chi connectivity index (χ4v) is 20.6. The number of alkyl halides is 2. The van der Waals surface area contributed by atoms with E-state index >= 15 is 9.59 Å². The highest BCUT2D eigenvalue weighted by atomic mass is 79.9. The summed E-state index contributed by atoms with van der Waals surface area (Å²) in [4.78, 5) is 75.4. The van der Waals surface area contributed by atoms with Gasteiger partial charge in [0.05, 0.1) is 30.1 Å². The summed E-state index contributed by atoms with van der Waals surface area (Å²) in [5.74, 6) is -3.79. The molecule has 0 aromatic heterocycles. The molecule has 1 amide bonds. The number of hydrogen-bond donors (Lipinski definition) is 2. The predicted octanol–water partition coefficient (Wildman–Crippen LogP) is 12.8. The van der Waals surface area contributed by atoms with Crippen LogP contribution in [0.1, 0.15) is 160 Å². The second kappa shape index (κ2) is 26.7. The van der Waals surface area contributed by atoms with Crippen LogP contribution in [-0.2, 0) is 56.2 Å². The number of aliphatic hydroxyl groups is 1. The van der Waals surface area contributed by atoms with Crippen molar-refractivity contribution in [1.82, 2.24) is 5.32 Å². The molecule has 3 aliphatic carbocycles. The van der Waals surface area contributed by atoms with Gasteiger partial charge in [0.2, 0.25) is 5.91 Å². The van der Waals surface area contributed by atoms with Gasteiger partial charge >= 0.3 is 17.9 Å². The third-order valence-electron chi connectivity index (χ3n) is 19.6. The number of carbonyl (C=O) groups is 5. The van der Waals surface area contributed by atoms with Crippen LogP contribution in [0.4, 0.5) is 0 Å². The van der Waals surface area contributed by atoms with Gasteiger partial charge in [0.1, 0.15) is 30.0 Å². The van der Waals surface area contributed by atoms with Gasteiger partial charge in [-0.3, -0.25) is 19.2 Å². The molecule has 1 aromatic carbocycles. The number of amides is 1. The monoisotopic (exact) mass is 1270 g/mol. The lowest BCUT2D eigenvalue weighted by Crippen LogP contribution is -2.82. The second-order valence-electron chi connectivity index (χ2n) is 25.0. The summed E-state index contributed by atoms with van der Waals surface area (Å²) >= 11 is 6.98. The van der Waals surface area contributed by atoms with Crippen LogP contribution in [-0.4, -0.2) is 125 Å². The number of hydrogen-bond acceptors (Lipinski definition) is 13. The third kappa shape index (κ3) is 13.1. The maximum atomic E-state index is 17.2. The Morgan fingerprint density at radius 1 is 0.833 bits per heavy atom. The van der Waals surface area contributed by atoms with E-state index in [9.17, 15) is 19.5 Å². The number of Topliss-reactive ketones (excluding diaryl/α,β-unsaturated/α-hetero) is 1. The highest BCUT2D eigenvalue weighted by molar-refractivity contribution is 9.09. The molecule has 11 atom stereocenters. The zero-order valence-corrected chi connectivity index (χ0v) is 56.3. The second-order valence-corrected chi connectivity index (χ2v) is 40.8. The van der Waals surface area contributed by atoms with Crippen LogP contribution in [0.3, 0.4) is 0 Å². The van der Waals surface area contributed by atoms with Gasteiger partial charge in [-0.1, -0.05) is 138 Å². The van der Waals surface area contributed by atoms with Crippen molar-refractivity contribution in [2.75, 3.05) is 17.3 Å². The van der Waals surface area contributed by atoms with E-state index in [1.165, 1.54) is 6.92 Å². The Balaban J connectivity index is 1.90. The number of ether oxygens (including phenoxy) is 4. The summed E-state index contributed by atoms with van der Waals surface area (Å²) in [6.07, 6.45) is -4.35. The van der Waals surface area contributed by atoms with Crippen molar-refractivity contribution in [1.29, 1.82) is 0 Å². The van der Waals surface area contributed by atoms with Crippen LogP contribution in [0.25, 0.3) is 0 Å². The van der Waals surface area contributed by atoms with Gasteiger partial charge in [-0.2, -0.15) is 0 Å². The van der Waals surface area contributed by atoms with E-state index < -0.39 is 113 Å². The van der Waals surface area contributed by atoms with Crippen molar-refractivity contribution in [2.24, 2.45) is 16.7 Å². The van der Waals surface area contributed by atoms with Gasteiger partial charge in [-0.25, -0.2) is 4.79 Å². The van der Waals surface area contributed by atoms with Crippen LogP contribution in [0.15, 0.2) is 41.5 Å². The van der Waals surface area contributed by atoms with E-state index in [0.29, 0.717) is 59.4 Å². The molecule has 78 heavy (non-hydrogen) atoms. The Morgan fingerprint density at radius 3 is 1.88 bits per heavy atom. The molecule has 3 fully saturated rings. The first kappa shape index (κ1) is 66.7. The summed E-state index contributed by atoms with van der Waals surface area (Å²) in [6, 6.07) is 12.7. The Bertz CT molecular complexity index is 2270. The van der Waals surface area contributed by atoms with Gasteiger partial charge in [-0.05, 0) is 111 Å². The lowest BCUT2D eigenvalue weighted by molar-refractivity contribution is -0.346. The minimum Gasteiger partial charge on any atom is -0.459 e. The number of carbonyl (C=O) groups excluding carboxylic acids is 5. The number of benzene rings is 1. The van der Waals surface area contributed by atoms with E-state index in [0.717, 1.165) is 29.9 Å². The van der Waals surface area contributed by atoms with Crippen LogP contribution in [0.2, 0.25) is 54.4 Å². The molecule has 2 saturated carbocycles. The number of halogens is 2. The fourth-order valence-electron chi connectivity index (χ4n) is 12.9. The van der Waals surface area contributed by atoms with Crippen molar-refractivity contribution in [3.05, 3.63) is 47.0 Å². The van der Waals surface area contributed by atoms with Gasteiger partial charge in [0, 0.05) is 48.7 Å². The Morgan fingerprint density at radius 2 is 1.38 bits per heavy atom. The number of fused-ring (bicyclic) bond motifs is 5. The molecule has 2 bridgehead atoms. The highest BCUT2D eigenvalue weighted by Gasteiger charge is 2.79. The van der Waals surface area contributed by atoms with E-state index in [-0.39, 0.29) is 49.0 Å². The molecule has 19 heteroatoms. The van der Waals surface area contributed by atoms with Crippen LogP contribution >= 0.6 is 31.9 Å². The first-order valence-electron chi connectivity index (χ1n) is 29.2. The topological polar surface area (TPSA) is 182 Å². The molecule has 4 aliphatic rings. The number of nitrogens with one attached hydrogen (secondary N) is 1. The highest BCUT2D eigenvalue weighted by Crippen LogP contribution is 2.65. The number of ketones is 1. The summed E-state index contributed by atoms with van der Waals surface area (Å²) in [5, 5.41) is 18.9. The molecule has 14 nitrogen and oxygen atoms in total. The molecule has 1 aromatic rings. The zero-order valence-electron chi connectivity index (χ0n) is 50.1. The van der Waals surface area contributed by atoms with Gasteiger partial charge in [0.25, 0.3) is 0 Å². The molecular weight excluding hydrogens is 1170 g/mol. The average molecular weight is 1270 g/mol. The quantitative estimate of drug-likeness (QED) is 0.0212. The largest absolute Gasteiger partial charge is 0.459 e. The molecule has 1 heterocycles. The van der Waals surface area contributed by atoms with Crippen molar-refractivity contribution in [3.8, 4) is 0 Å². The molecule has 0 radical (unpaired) electrons. The maximum Gasteiger partial charge on any atom is 0.337 e. The molecular formula is C59H97Br2NO13Si3. The fraction of sp³-hybridized carbons (Fsp3) is 0.780. The Labute approximate surface area is 487 Å². The van der Waals surface area contributed by atoms with E-state index in [2.05, 4.69) is 99.5 Å². The smallest absolute Gasteiger partial charge is 0.337 e. The first-order chi connectivity index (χ1) is 36.5. The molecule has 2 N–H and O–H groups in total. The van der Waals surface area contributed by atoms with Crippen LogP contribution < -0.4 is 5.32 Å². The van der Waals surface area contributed by atoms with Crippen molar-refractivity contribution >= 4 is 86.4 Å². The SMILES string of the molecule is CC[Si](CC)(CC)O[C@H]1C(=O)[C@]2(C)[C@@H](O[Si](CC)(CC)CC)C[C@H]3OC[C@@]3(OC(C)=O)[C@H]2[C@H](OC(=O)CCCCBr)[C@]2(O)C[C@H](OC(=O)[C@H](O[Si](C)(C)C(C)(C)C)[C@@H](NC(=O)CCCCBr)c3ccccc3)C(C)=C1C2(C)C. The molecule has 0 spiro atoms. The molecule has 1 aliphatic heterocycles. The van der Waals surface area contributed by atoms with Crippen LogP contribution in [0.5, 0.6) is 0 Å². The molecule has 442 valence electrons. The number of esters is 3. The summed E-state index contributed by atoms with van der Waals surface area (Å²) in [6.45, 7) is 31.7. The van der Waals surface area contributed by atoms with Gasteiger partial charge in [-0.15, -0.1) is 0 Å². The number of rotatable bonds is 27. The van der Waals surface area contributed by atoms with E-state index in [1.54, 1.807) is 0 Å². The molecule has 5 rings (SSSR count). The molecule has 1 saturated heterocycles. The van der Waals surface area contributed by atoms with Crippen molar-refractivity contribution in [2.45, 2.75) is 257 Å². The number of unbranched alkanes of at least 4 members (excludes halogenated alkanes) is 2. The summed E-state index contributed by atoms with van der Waals surface area (Å²) < 4.78 is 49.2. The van der Waals surface area contributed by atoms with Gasteiger partial charge < -0.3 is 42.6 Å². The average Bonchev–Trinajstić information content (AvgIpc) is 3.58. The van der Waals surface area contributed by atoms with Crippen molar-refractivity contribution < 1.29 is 61.3 Å². The summed E-state index contributed by atoms with van der Waals surface area (Å²) in [7, 11) is -8.23. The first-order valence-corrected chi connectivity index (χ1v) is 39.4. The van der Waals surface area contributed by atoms with E-state index in [4.69, 9.17) is 32.2 Å². The lowest BCUT2D eigenvalue weighted by atomic mass is 9.44. The van der Waals surface area contributed by atoms with E-state index in [1.807, 2.05) is 71.1 Å². The predicted molar refractivity (Wildman–Crippen MR) is 320 cm³/mol. The minimum absolute atomic E-state index is 0.00656. The Hall–Kier alpha value is -2.08. The standard InChI is InChI=1S/C59H97Br2NO13Si3/c1-17-77(18-2,19-3)73-43-36-44-58(38-69-44,72-40(8)63)51-53(71-46(65)33-27-29-35-61)59(68)37-42(39(7)47(56(59,12)13)49(52(66)57(43,51)14)75-78(20-4,21-5)22-6)70-54(67)50(74-76(15,16)55(9,10)11)48(41-30-24-23-25-31-41)62-45(64)32-26-28-34-60/h23-25,30-31,42-44,48-51,53,68H,17-22,26-29,32-38H2,1-16H3,(H,62,64)/t42-,43-,44+,48-,49+,50+,51-,53-,57+,58-,59+/m0/s1. The maximum absolute atomic E-state index is 17.2. The lowest BCUT2D eigenvalue weighted by Gasteiger charge is -2.68. The molecule has 0 unspecified atom stereocenters. The van der Waals surface area contributed by atoms with Crippen LogP contribution in [0, 0.1) is 16.7 Å². The minimum atomic E-state index is -2.86. The van der Waals surface area contributed by atoms with Crippen molar-refractivity contribution in [3.63, 3.8) is 0 Å². The zero-order chi connectivity index (χ0) is 58.5. The normalized spacial score (nSPS) is 28.9. The van der Waals surface area contributed by atoms with Gasteiger partial charge in [0.15, 0.2) is 42.4 Å².